The molecular weight excluding hydrogens is 335 g/mol. The molecule has 1 aromatic carbocycles. The summed E-state index contributed by atoms with van der Waals surface area (Å²) in [5.74, 6) is -0.0898. The maximum absolute atomic E-state index is 11.4. The SMILES string of the molecule is O=S(=O)(Cl)CC1(COCc2ccccc2Cl)CCOCC1. The van der Waals surface area contributed by atoms with E-state index < -0.39 is 14.5 Å². The molecule has 0 bridgehead atoms. The maximum Gasteiger partial charge on any atom is 0.233 e. The average Bonchev–Trinajstić information content (AvgIpc) is 2.40. The van der Waals surface area contributed by atoms with Crippen molar-refractivity contribution in [1.29, 1.82) is 0 Å². The van der Waals surface area contributed by atoms with Gasteiger partial charge in [-0.15, -0.1) is 0 Å². The second-order valence-electron chi connectivity index (χ2n) is 5.38. The van der Waals surface area contributed by atoms with Crippen molar-refractivity contribution >= 4 is 31.3 Å². The lowest BCUT2D eigenvalue weighted by atomic mass is 9.83. The molecule has 0 N–H and O–H groups in total. The predicted octanol–water partition coefficient (Wildman–Crippen LogP) is 3.22. The van der Waals surface area contributed by atoms with Crippen molar-refractivity contribution < 1.29 is 17.9 Å². The van der Waals surface area contributed by atoms with Crippen LogP contribution < -0.4 is 0 Å². The molecular formula is C14H18Cl2O4S. The Bertz CT molecular complexity index is 568. The summed E-state index contributed by atoms with van der Waals surface area (Å²) >= 11 is 6.07. The van der Waals surface area contributed by atoms with Gasteiger partial charge in [-0.3, -0.25) is 0 Å². The number of hydrogen-bond acceptors (Lipinski definition) is 4. The van der Waals surface area contributed by atoms with Crippen molar-refractivity contribution in [2.24, 2.45) is 5.41 Å². The van der Waals surface area contributed by atoms with Gasteiger partial charge in [-0.05, 0) is 24.5 Å². The highest BCUT2D eigenvalue weighted by Gasteiger charge is 2.37. The molecule has 2 rings (SSSR count). The minimum atomic E-state index is -3.57. The van der Waals surface area contributed by atoms with Gasteiger partial charge in [0.25, 0.3) is 0 Å². The smallest absolute Gasteiger partial charge is 0.233 e. The standard InChI is InChI=1S/C14H18Cl2O4S/c15-13-4-2-1-3-12(13)9-20-10-14(11-21(16,17)18)5-7-19-8-6-14/h1-4H,5-11H2. The molecule has 7 heteroatoms. The van der Waals surface area contributed by atoms with Crippen LogP contribution in [0.5, 0.6) is 0 Å². The summed E-state index contributed by atoms with van der Waals surface area (Å²) in [4.78, 5) is 0. The Balaban J connectivity index is 1.98. The second-order valence-corrected chi connectivity index (χ2v) is 8.56. The van der Waals surface area contributed by atoms with Crippen LogP contribution in [0.2, 0.25) is 5.02 Å². The number of ether oxygens (including phenoxy) is 2. The maximum atomic E-state index is 11.4. The summed E-state index contributed by atoms with van der Waals surface area (Å²) in [5, 5.41) is 0.642. The Morgan fingerprint density at radius 1 is 1.24 bits per heavy atom. The van der Waals surface area contributed by atoms with Gasteiger partial charge in [-0.2, -0.15) is 0 Å². The minimum Gasteiger partial charge on any atom is -0.381 e. The van der Waals surface area contributed by atoms with E-state index in [2.05, 4.69) is 0 Å². The van der Waals surface area contributed by atoms with Crippen LogP contribution in [-0.2, 0) is 25.1 Å². The van der Waals surface area contributed by atoms with Gasteiger partial charge in [0.05, 0.1) is 19.0 Å². The number of benzene rings is 1. The Kier molecular flexibility index (Phi) is 5.91. The molecule has 0 saturated carbocycles. The van der Waals surface area contributed by atoms with Crippen molar-refractivity contribution in [3.8, 4) is 0 Å². The van der Waals surface area contributed by atoms with Gasteiger partial charge in [-0.1, -0.05) is 29.8 Å². The summed E-state index contributed by atoms with van der Waals surface area (Å²) in [7, 11) is 1.86. The highest BCUT2D eigenvalue weighted by molar-refractivity contribution is 8.13. The van der Waals surface area contributed by atoms with Gasteiger partial charge in [-0.25, -0.2) is 8.42 Å². The van der Waals surface area contributed by atoms with Crippen LogP contribution in [0.25, 0.3) is 0 Å². The molecule has 0 unspecified atom stereocenters. The third kappa shape index (κ3) is 5.42. The van der Waals surface area contributed by atoms with Crippen molar-refractivity contribution in [1.82, 2.24) is 0 Å². The molecule has 1 heterocycles. The first-order chi connectivity index (χ1) is 9.90. The van der Waals surface area contributed by atoms with Crippen LogP contribution in [0.15, 0.2) is 24.3 Å². The molecule has 1 aliphatic heterocycles. The van der Waals surface area contributed by atoms with E-state index in [0.29, 0.717) is 44.3 Å². The van der Waals surface area contributed by atoms with Crippen molar-refractivity contribution in [2.45, 2.75) is 19.4 Å². The molecule has 4 nitrogen and oxygen atoms in total. The van der Waals surface area contributed by atoms with Crippen molar-refractivity contribution in [3.05, 3.63) is 34.9 Å². The van der Waals surface area contributed by atoms with Gasteiger partial charge >= 0.3 is 0 Å². The van der Waals surface area contributed by atoms with E-state index in [1.54, 1.807) is 6.07 Å². The minimum absolute atomic E-state index is 0.0898. The molecule has 0 spiro atoms. The molecule has 1 aliphatic rings. The van der Waals surface area contributed by atoms with E-state index in [4.69, 9.17) is 31.8 Å². The van der Waals surface area contributed by atoms with Crippen molar-refractivity contribution in [3.63, 3.8) is 0 Å². The fourth-order valence-corrected chi connectivity index (χ4v) is 4.48. The molecule has 21 heavy (non-hydrogen) atoms. The molecule has 0 radical (unpaired) electrons. The summed E-state index contributed by atoms with van der Waals surface area (Å²) in [6.07, 6.45) is 1.25. The quantitative estimate of drug-likeness (QED) is 0.737. The van der Waals surface area contributed by atoms with Crippen molar-refractivity contribution in [2.75, 3.05) is 25.6 Å². The number of rotatable bonds is 6. The lowest BCUT2D eigenvalue weighted by molar-refractivity contribution is -0.0323. The first-order valence-electron chi connectivity index (χ1n) is 6.72. The van der Waals surface area contributed by atoms with Crippen LogP contribution >= 0.6 is 22.3 Å². The van der Waals surface area contributed by atoms with Crippen LogP contribution in [0.4, 0.5) is 0 Å². The van der Waals surface area contributed by atoms with Gasteiger partial charge in [0.15, 0.2) is 0 Å². The Morgan fingerprint density at radius 3 is 2.52 bits per heavy atom. The second kappa shape index (κ2) is 7.29. The van der Waals surface area contributed by atoms with Gasteiger partial charge in [0, 0.05) is 34.3 Å². The highest BCUT2D eigenvalue weighted by atomic mass is 35.7. The van der Waals surface area contributed by atoms with Crippen LogP contribution in [0.3, 0.4) is 0 Å². The number of halogens is 2. The van der Waals surface area contributed by atoms with E-state index in [9.17, 15) is 8.42 Å². The Hall–Kier alpha value is -0.330. The van der Waals surface area contributed by atoms with Gasteiger partial charge in [0.2, 0.25) is 9.05 Å². The summed E-state index contributed by atoms with van der Waals surface area (Å²) < 4.78 is 33.9. The zero-order valence-corrected chi connectivity index (χ0v) is 13.9. The monoisotopic (exact) mass is 352 g/mol. The molecule has 1 saturated heterocycles. The average molecular weight is 353 g/mol. The first-order valence-corrected chi connectivity index (χ1v) is 9.57. The van der Waals surface area contributed by atoms with E-state index in [1.807, 2.05) is 18.2 Å². The third-order valence-corrected chi connectivity index (χ3v) is 5.31. The van der Waals surface area contributed by atoms with Crippen LogP contribution in [0.1, 0.15) is 18.4 Å². The fourth-order valence-electron chi connectivity index (χ4n) is 2.49. The molecule has 118 valence electrons. The summed E-state index contributed by atoms with van der Waals surface area (Å²) in [5.41, 5.74) is 0.412. The summed E-state index contributed by atoms with van der Waals surface area (Å²) in [6.45, 7) is 1.74. The van der Waals surface area contributed by atoms with E-state index >= 15 is 0 Å². The first kappa shape index (κ1) is 17.0. The van der Waals surface area contributed by atoms with Crippen LogP contribution in [-0.4, -0.2) is 34.0 Å². The fraction of sp³-hybridized carbons (Fsp3) is 0.571. The Labute approximate surface area is 134 Å². The molecule has 0 aromatic heterocycles. The topological polar surface area (TPSA) is 52.6 Å². The molecule has 0 amide bonds. The number of hydrogen-bond donors (Lipinski definition) is 0. The lowest BCUT2D eigenvalue weighted by Crippen LogP contribution is -2.39. The molecule has 1 fully saturated rings. The lowest BCUT2D eigenvalue weighted by Gasteiger charge is -2.35. The van der Waals surface area contributed by atoms with E-state index in [-0.39, 0.29) is 5.75 Å². The van der Waals surface area contributed by atoms with Gasteiger partial charge in [0.1, 0.15) is 0 Å². The molecule has 0 aliphatic carbocycles. The highest BCUT2D eigenvalue weighted by Crippen LogP contribution is 2.34. The predicted molar refractivity (Wildman–Crippen MR) is 83.2 cm³/mol. The zero-order chi connectivity index (χ0) is 15.3. The zero-order valence-electron chi connectivity index (χ0n) is 11.6. The van der Waals surface area contributed by atoms with Crippen LogP contribution in [0, 0.1) is 5.41 Å². The Morgan fingerprint density at radius 2 is 1.90 bits per heavy atom. The molecule has 0 atom stereocenters. The summed E-state index contributed by atoms with van der Waals surface area (Å²) in [6, 6.07) is 7.43. The largest absolute Gasteiger partial charge is 0.381 e. The van der Waals surface area contributed by atoms with E-state index in [0.717, 1.165) is 5.56 Å². The molecule has 1 aromatic rings. The van der Waals surface area contributed by atoms with Gasteiger partial charge < -0.3 is 9.47 Å². The normalized spacial score (nSPS) is 18.6. The third-order valence-electron chi connectivity index (χ3n) is 3.66. The van der Waals surface area contributed by atoms with E-state index in [1.165, 1.54) is 0 Å².